The molecule has 0 radical (unpaired) electrons. The second kappa shape index (κ2) is 8.54. The Morgan fingerprint density at radius 2 is 1.97 bits per heavy atom. The second-order valence-corrected chi connectivity index (χ2v) is 7.62. The van der Waals surface area contributed by atoms with E-state index >= 15 is 0 Å². The van der Waals surface area contributed by atoms with Gasteiger partial charge in [0.05, 0.1) is 36.2 Å². The standard InChI is InChI=1S/C22H20BrN5O2/c1-14-24-10-8-16(25-14)13-28-11-9-17-18(4-3-5-20(17)28)26-22(29)27-19-12-15(23)6-7-21(19)30-2/h3-12H,13H2,1-2H3,(H2,26,27,29). The Balaban J connectivity index is 1.56. The number of carbonyl (C=O) groups is 1. The Labute approximate surface area is 182 Å². The van der Waals surface area contributed by atoms with E-state index in [9.17, 15) is 4.79 Å². The van der Waals surface area contributed by atoms with Crippen molar-refractivity contribution in [3.63, 3.8) is 0 Å². The molecule has 0 aliphatic rings. The summed E-state index contributed by atoms with van der Waals surface area (Å²) in [4.78, 5) is 21.2. The number of nitrogens with one attached hydrogen (secondary N) is 2. The van der Waals surface area contributed by atoms with Crippen LogP contribution in [0.5, 0.6) is 5.75 Å². The van der Waals surface area contributed by atoms with E-state index in [1.807, 2.05) is 49.5 Å². The maximum atomic E-state index is 12.6. The lowest BCUT2D eigenvalue weighted by molar-refractivity contribution is 0.262. The first-order chi connectivity index (χ1) is 14.5. The number of carbonyl (C=O) groups excluding carboxylic acids is 1. The quantitative estimate of drug-likeness (QED) is 0.424. The van der Waals surface area contributed by atoms with Crippen LogP contribution in [0.25, 0.3) is 10.9 Å². The summed E-state index contributed by atoms with van der Waals surface area (Å²) in [7, 11) is 1.56. The van der Waals surface area contributed by atoms with E-state index in [4.69, 9.17) is 4.74 Å². The first kappa shape index (κ1) is 19.9. The average molecular weight is 466 g/mol. The lowest BCUT2D eigenvalue weighted by Gasteiger charge is -2.12. The first-order valence-electron chi connectivity index (χ1n) is 9.31. The number of aromatic nitrogens is 3. The Morgan fingerprint density at radius 3 is 2.77 bits per heavy atom. The molecule has 0 aliphatic heterocycles. The highest BCUT2D eigenvalue weighted by Crippen LogP contribution is 2.29. The number of methoxy groups -OCH3 is 1. The fourth-order valence-corrected chi connectivity index (χ4v) is 3.65. The number of amides is 2. The summed E-state index contributed by atoms with van der Waals surface area (Å²) in [5.41, 5.74) is 3.23. The van der Waals surface area contributed by atoms with Gasteiger partial charge in [0, 0.05) is 22.3 Å². The smallest absolute Gasteiger partial charge is 0.323 e. The van der Waals surface area contributed by atoms with Gasteiger partial charge in [-0.05, 0) is 49.4 Å². The molecule has 0 bridgehead atoms. The number of rotatable bonds is 5. The molecule has 0 saturated heterocycles. The number of hydrogen-bond donors (Lipinski definition) is 2. The number of aryl methyl sites for hydroxylation is 1. The van der Waals surface area contributed by atoms with Crippen LogP contribution in [0.1, 0.15) is 11.5 Å². The van der Waals surface area contributed by atoms with Crippen molar-refractivity contribution in [2.24, 2.45) is 0 Å². The van der Waals surface area contributed by atoms with Crippen LogP contribution in [-0.2, 0) is 6.54 Å². The summed E-state index contributed by atoms with van der Waals surface area (Å²) in [6, 6.07) is 14.8. The molecule has 2 amide bonds. The minimum atomic E-state index is -0.349. The predicted molar refractivity (Wildman–Crippen MR) is 121 cm³/mol. The number of fused-ring (bicyclic) bond motifs is 1. The van der Waals surface area contributed by atoms with Gasteiger partial charge in [-0.25, -0.2) is 14.8 Å². The van der Waals surface area contributed by atoms with Gasteiger partial charge in [0.25, 0.3) is 0 Å². The first-order valence-corrected chi connectivity index (χ1v) is 10.1. The van der Waals surface area contributed by atoms with Gasteiger partial charge < -0.3 is 19.9 Å². The highest BCUT2D eigenvalue weighted by molar-refractivity contribution is 9.10. The Kier molecular flexibility index (Phi) is 5.67. The highest BCUT2D eigenvalue weighted by Gasteiger charge is 2.12. The van der Waals surface area contributed by atoms with Crippen LogP contribution in [0.3, 0.4) is 0 Å². The van der Waals surface area contributed by atoms with Crippen molar-refractivity contribution in [1.29, 1.82) is 0 Å². The van der Waals surface area contributed by atoms with E-state index in [1.54, 1.807) is 25.4 Å². The van der Waals surface area contributed by atoms with Gasteiger partial charge in [-0.15, -0.1) is 0 Å². The Morgan fingerprint density at radius 1 is 1.13 bits per heavy atom. The molecule has 0 unspecified atom stereocenters. The molecule has 2 heterocycles. The molecule has 7 nitrogen and oxygen atoms in total. The molecular formula is C22H20BrN5O2. The Bertz CT molecular complexity index is 1220. The van der Waals surface area contributed by atoms with Gasteiger partial charge in [0.15, 0.2) is 0 Å². The molecule has 4 aromatic rings. The number of anilines is 2. The molecule has 2 N–H and O–H groups in total. The number of benzene rings is 2. The summed E-state index contributed by atoms with van der Waals surface area (Å²) in [6.45, 7) is 2.50. The van der Waals surface area contributed by atoms with Crippen molar-refractivity contribution in [2.45, 2.75) is 13.5 Å². The van der Waals surface area contributed by atoms with E-state index in [0.717, 1.165) is 32.6 Å². The van der Waals surface area contributed by atoms with Crippen molar-refractivity contribution in [2.75, 3.05) is 17.7 Å². The largest absolute Gasteiger partial charge is 0.495 e. The molecule has 2 aromatic carbocycles. The monoisotopic (exact) mass is 465 g/mol. The summed E-state index contributed by atoms with van der Waals surface area (Å²) < 4.78 is 8.25. The number of halogens is 1. The fourth-order valence-electron chi connectivity index (χ4n) is 3.29. The summed E-state index contributed by atoms with van der Waals surface area (Å²) in [5, 5.41) is 6.71. The van der Waals surface area contributed by atoms with Crippen LogP contribution in [0.15, 0.2) is 65.4 Å². The van der Waals surface area contributed by atoms with Crippen LogP contribution in [0.4, 0.5) is 16.2 Å². The van der Waals surface area contributed by atoms with Crippen molar-refractivity contribution >= 4 is 44.2 Å². The van der Waals surface area contributed by atoms with Crippen LogP contribution >= 0.6 is 15.9 Å². The molecule has 152 valence electrons. The Hall–Kier alpha value is -3.39. The zero-order valence-corrected chi connectivity index (χ0v) is 18.1. The number of ether oxygens (including phenoxy) is 1. The summed E-state index contributed by atoms with van der Waals surface area (Å²) >= 11 is 3.41. The molecule has 0 atom stereocenters. The highest BCUT2D eigenvalue weighted by atomic mass is 79.9. The van der Waals surface area contributed by atoms with Crippen LogP contribution in [0, 0.1) is 6.92 Å². The lowest BCUT2D eigenvalue weighted by Crippen LogP contribution is -2.20. The van der Waals surface area contributed by atoms with E-state index in [0.29, 0.717) is 18.0 Å². The average Bonchev–Trinajstić information content (AvgIpc) is 3.12. The third kappa shape index (κ3) is 4.28. The predicted octanol–water partition coefficient (Wildman–Crippen LogP) is 5.20. The van der Waals surface area contributed by atoms with Crippen molar-refractivity contribution in [3.8, 4) is 5.75 Å². The number of hydrogen-bond acceptors (Lipinski definition) is 4. The van der Waals surface area contributed by atoms with Crippen LogP contribution < -0.4 is 15.4 Å². The SMILES string of the molecule is COc1ccc(Br)cc1NC(=O)Nc1cccc2c1ccn2Cc1ccnc(C)n1. The minimum Gasteiger partial charge on any atom is -0.495 e. The maximum Gasteiger partial charge on any atom is 0.323 e. The maximum absolute atomic E-state index is 12.6. The molecule has 0 spiro atoms. The van der Waals surface area contributed by atoms with E-state index < -0.39 is 0 Å². The molecule has 2 aromatic heterocycles. The van der Waals surface area contributed by atoms with Crippen molar-refractivity contribution in [1.82, 2.24) is 14.5 Å². The molecule has 0 aliphatic carbocycles. The van der Waals surface area contributed by atoms with E-state index in [1.165, 1.54) is 0 Å². The summed E-state index contributed by atoms with van der Waals surface area (Å²) in [6.07, 6.45) is 3.75. The molecule has 0 saturated carbocycles. The fraction of sp³-hybridized carbons (Fsp3) is 0.136. The molecule has 30 heavy (non-hydrogen) atoms. The lowest BCUT2D eigenvalue weighted by atomic mass is 10.2. The number of urea groups is 1. The van der Waals surface area contributed by atoms with Gasteiger partial charge >= 0.3 is 6.03 Å². The van der Waals surface area contributed by atoms with E-state index in [2.05, 4.69) is 41.1 Å². The molecular weight excluding hydrogens is 446 g/mol. The van der Waals surface area contributed by atoms with Crippen molar-refractivity contribution < 1.29 is 9.53 Å². The van der Waals surface area contributed by atoms with Crippen LogP contribution in [0.2, 0.25) is 0 Å². The minimum absolute atomic E-state index is 0.349. The molecule has 4 rings (SSSR count). The third-order valence-corrected chi connectivity index (χ3v) is 5.13. The van der Waals surface area contributed by atoms with Gasteiger partial charge in [-0.3, -0.25) is 0 Å². The molecule has 0 fully saturated rings. The number of nitrogens with zero attached hydrogens (tertiary/aromatic N) is 3. The topological polar surface area (TPSA) is 81.1 Å². The van der Waals surface area contributed by atoms with Gasteiger partial charge in [-0.2, -0.15) is 0 Å². The normalized spacial score (nSPS) is 10.8. The second-order valence-electron chi connectivity index (χ2n) is 6.70. The van der Waals surface area contributed by atoms with Crippen molar-refractivity contribution in [3.05, 3.63) is 76.9 Å². The van der Waals surface area contributed by atoms with Gasteiger partial charge in [0.2, 0.25) is 0 Å². The third-order valence-electron chi connectivity index (χ3n) is 4.64. The zero-order valence-electron chi connectivity index (χ0n) is 16.5. The zero-order chi connectivity index (χ0) is 21.1. The van der Waals surface area contributed by atoms with Gasteiger partial charge in [0.1, 0.15) is 11.6 Å². The van der Waals surface area contributed by atoms with Gasteiger partial charge in [-0.1, -0.05) is 22.0 Å². The van der Waals surface area contributed by atoms with Crippen LogP contribution in [-0.4, -0.2) is 27.7 Å². The summed E-state index contributed by atoms with van der Waals surface area (Å²) in [5.74, 6) is 1.32. The molecule has 8 heteroatoms. The van der Waals surface area contributed by atoms with E-state index in [-0.39, 0.29) is 6.03 Å².